The summed E-state index contributed by atoms with van der Waals surface area (Å²) >= 11 is 10.7. The van der Waals surface area contributed by atoms with Crippen LogP contribution in [0.1, 0.15) is 16.1 Å². The first-order valence-electron chi connectivity index (χ1n) is 4.77. The van der Waals surface area contributed by atoms with E-state index in [0.717, 1.165) is 11.1 Å². The molecule has 0 saturated heterocycles. The summed E-state index contributed by atoms with van der Waals surface area (Å²) in [6, 6.07) is 7.38. The third-order valence-electron chi connectivity index (χ3n) is 2.32. The molecule has 90 valence electrons. The molecule has 0 unspecified atom stereocenters. The van der Waals surface area contributed by atoms with Crippen molar-refractivity contribution in [3.63, 3.8) is 0 Å². The number of nitrogens with one attached hydrogen (secondary N) is 1. The fourth-order valence-electron chi connectivity index (χ4n) is 1.72. The van der Waals surface area contributed by atoms with Crippen molar-refractivity contribution in [1.29, 1.82) is 0 Å². The van der Waals surface area contributed by atoms with Gasteiger partial charge in [-0.1, -0.05) is 6.07 Å². The molecule has 0 aliphatic rings. The first kappa shape index (κ1) is 12.5. The zero-order valence-corrected chi connectivity index (χ0v) is 11.3. The van der Waals surface area contributed by atoms with Gasteiger partial charge in [-0.15, -0.1) is 0 Å². The molecule has 0 radical (unpaired) electrons. The number of halogens is 2. The monoisotopic (exact) mass is 290 g/mol. The van der Waals surface area contributed by atoms with Crippen molar-refractivity contribution >= 4 is 39.9 Å². The molecule has 0 saturated carbocycles. The highest BCUT2D eigenvalue weighted by molar-refractivity contribution is 8.07. The van der Waals surface area contributed by atoms with E-state index in [-0.39, 0.29) is 0 Å². The van der Waals surface area contributed by atoms with E-state index in [9.17, 15) is 9.36 Å². The van der Waals surface area contributed by atoms with Gasteiger partial charge in [-0.2, -0.15) is 0 Å². The van der Waals surface area contributed by atoms with Gasteiger partial charge in [0.1, 0.15) is 5.69 Å². The largest absolute Gasteiger partial charge is 0.345 e. The summed E-state index contributed by atoms with van der Waals surface area (Å²) in [6.45, 7) is 1.79. The van der Waals surface area contributed by atoms with Crippen molar-refractivity contribution in [3.05, 3.63) is 41.7 Å². The summed E-state index contributed by atoms with van der Waals surface area (Å²) in [4.78, 5) is 11.9. The molecule has 0 aromatic carbocycles. The quantitative estimate of drug-likeness (QED) is 0.860. The number of carbonyl (C=O) groups is 1. The van der Waals surface area contributed by atoms with E-state index >= 15 is 0 Å². The standard InChI is InChI=1S/C10H9Cl2N2O2P/c1-7-6-8-4-2-3-5-14(8)9(7)10(15)13-17(11,12)16/h2-6H,1H3,(H,13,15,16). The van der Waals surface area contributed by atoms with Crippen LogP contribution in [-0.2, 0) is 4.57 Å². The molecule has 0 aliphatic heterocycles. The number of hydrogen-bond acceptors (Lipinski definition) is 2. The van der Waals surface area contributed by atoms with Gasteiger partial charge in [0.2, 0.25) is 0 Å². The second-order valence-electron chi connectivity index (χ2n) is 3.57. The second kappa shape index (κ2) is 4.37. The Bertz CT molecular complexity index is 632. The fourth-order valence-corrected chi connectivity index (χ4v) is 2.52. The maximum atomic E-state index is 11.9. The van der Waals surface area contributed by atoms with Crippen LogP contribution >= 0.6 is 28.5 Å². The molecule has 7 heteroatoms. The van der Waals surface area contributed by atoms with Crippen LogP contribution < -0.4 is 5.09 Å². The van der Waals surface area contributed by atoms with E-state index in [1.165, 1.54) is 0 Å². The minimum Gasteiger partial charge on any atom is -0.312 e. The Morgan fingerprint density at radius 2 is 2.12 bits per heavy atom. The molecular weight excluding hydrogens is 282 g/mol. The van der Waals surface area contributed by atoms with Gasteiger partial charge < -0.3 is 4.40 Å². The van der Waals surface area contributed by atoms with E-state index in [1.807, 2.05) is 18.2 Å². The number of aryl methyl sites for hydroxylation is 1. The first-order valence-corrected chi connectivity index (χ1v) is 8.29. The summed E-state index contributed by atoms with van der Waals surface area (Å²) in [5, 5.41) is 2.08. The molecule has 0 bridgehead atoms. The number of amides is 1. The highest BCUT2D eigenvalue weighted by Gasteiger charge is 2.22. The van der Waals surface area contributed by atoms with Gasteiger partial charge in [-0.25, -0.2) is 0 Å². The van der Waals surface area contributed by atoms with Gasteiger partial charge >= 0.3 is 6.00 Å². The van der Waals surface area contributed by atoms with Gasteiger partial charge in [-0.05, 0) is 53.2 Å². The zero-order chi connectivity index (χ0) is 12.6. The van der Waals surface area contributed by atoms with Crippen LogP contribution in [0.4, 0.5) is 0 Å². The van der Waals surface area contributed by atoms with Gasteiger partial charge in [0.25, 0.3) is 5.91 Å². The van der Waals surface area contributed by atoms with Crippen LogP contribution in [-0.4, -0.2) is 10.3 Å². The lowest BCUT2D eigenvalue weighted by atomic mass is 10.2. The SMILES string of the molecule is Cc1cc2ccccn2c1C(=O)NP(=O)(Cl)Cl. The maximum Gasteiger partial charge on any atom is 0.345 e. The van der Waals surface area contributed by atoms with Crippen LogP contribution in [0.2, 0.25) is 0 Å². The van der Waals surface area contributed by atoms with E-state index in [1.54, 1.807) is 23.6 Å². The van der Waals surface area contributed by atoms with Gasteiger partial charge in [0.15, 0.2) is 0 Å². The molecule has 0 aliphatic carbocycles. The first-order chi connectivity index (χ1) is 7.88. The molecule has 0 fully saturated rings. The van der Waals surface area contributed by atoms with Gasteiger partial charge in [0, 0.05) is 11.7 Å². The lowest BCUT2D eigenvalue weighted by Gasteiger charge is -2.06. The van der Waals surface area contributed by atoms with Crippen molar-refractivity contribution in [2.24, 2.45) is 0 Å². The maximum absolute atomic E-state index is 11.9. The molecule has 0 atom stereocenters. The molecule has 2 aromatic rings. The summed E-state index contributed by atoms with van der Waals surface area (Å²) in [6.07, 6.45) is 1.74. The molecule has 2 heterocycles. The zero-order valence-electron chi connectivity index (χ0n) is 8.85. The summed E-state index contributed by atoms with van der Waals surface area (Å²) < 4.78 is 12.8. The predicted molar refractivity (Wildman–Crippen MR) is 68.9 cm³/mol. The third-order valence-corrected chi connectivity index (χ3v) is 3.29. The highest BCUT2D eigenvalue weighted by atomic mass is 35.9. The third kappa shape index (κ3) is 2.65. The average Bonchev–Trinajstić information content (AvgIpc) is 2.50. The van der Waals surface area contributed by atoms with Crippen LogP contribution in [0.25, 0.3) is 5.52 Å². The summed E-state index contributed by atoms with van der Waals surface area (Å²) in [5.74, 6) is -4.18. The Morgan fingerprint density at radius 1 is 1.41 bits per heavy atom. The summed E-state index contributed by atoms with van der Waals surface area (Å²) in [7, 11) is 0. The number of pyridine rings is 1. The number of hydrogen-bond donors (Lipinski definition) is 1. The molecule has 1 amide bonds. The van der Waals surface area contributed by atoms with Crippen molar-refractivity contribution in [3.8, 4) is 0 Å². The molecule has 4 nitrogen and oxygen atoms in total. The fraction of sp³-hybridized carbons (Fsp3) is 0.100. The number of nitrogens with zero attached hydrogens (tertiary/aromatic N) is 1. The Labute approximate surface area is 108 Å². The van der Waals surface area contributed by atoms with Crippen molar-refractivity contribution in [2.75, 3.05) is 0 Å². The number of aromatic nitrogens is 1. The number of carbonyl (C=O) groups excluding carboxylic acids is 1. The lowest BCUT2D eigenvalue weighted by molar-refractivity contribution is 0.0976. The van der Waals surface area contributed by atoms with E-state index in [0.29, 0.717) is 5.69 Å². The van der Waals surface area contributed by atoms with Gasteiger partial charge in [0.05, 0.1) is 0 Å². The molecule has 17 heavy (non-hydrogen) atoms. The second-order valence-corrected chi connectivity index (χ2v) is 8.10. The average molecular weight is 291 g/mol. The van der Waals surface area contributed by atoms with Crippen molar-refractivity contribution < 1.29 is 9.36 Å². The highest BCUT2D eigenvalue weighted by Crippen LogP contribution is 2.52. The van der Waals surface area contributed by atoms with E-state index in [4.69, 9.17) is 22.5 Å². The van der Waals surface area contributed by atoms with Crippen molar-refractivity contribution in [1.82, 2.24) is 9.49 Å². The minimum absolute atomic E-state index is 0.377. The molecule has 1 N–H and O–H groups in total. The molecule has 0 spiro atoms. The van der Waals surface area contributed by atoms with Crippen LogP contribution in [0, 0.1) is 6.92 Å². The Morgan fingerprint density at radius 3 is 2.76 bits per heavy atom. The molecule has 2 rings (SSSR count). The van der Waals surface area contributed by atoms with E-state index < -0.39 is 11.9 Å². The lowest BCUT2D eigenvalue weighted by Crippen LogP contribution is -2.19. The number of fused-ring (bicyclic) bond motifs is 1. The van der Waals surface area contributed by atoms with Gasteiger partial charge in [-0.3, -0.25) is 14.4 Å². The Balaban J connectivity index is 2.52. The predicted octanol–water partition coefficient (Wildman–Crippen LogP) is 3.56. The minimum atomic E-state index is -3.63. The molecular formula is C10H9Cl2N2O2P. The van der Waals surface area contributed by atoms with Crippen LogP contribution in [0.15, 0.2) is 30.5 Å². The topological polar surface area (TPSA) is 50.6 Å². The summed E-state index contributed by atoms with van der Waals surface area (Å²) in [5.41, 5.74) is 2.01. The Kier molecular flexibility index (Phi) is 3.21. The molecule has 2 aromatic heterocycles. The normalized spacial score (nSPS) is 11.7. The van der Waals surface area contributed by atoms with Crippen molar-refractivity contribution in [2.45, 2.75) is 6.92 Å². The number of rotatable bonds is 2. The van der Waals surface area contributed by atoms with Crippen LogP contribution in [0.5, 0.6) is 0 Å². The Hall–Kier alpha value is -0.960. The smallest absolute Gasteiger partial charge is 0.312 e. The van der Waals surface area contributed by atoms with E-state index in [2.05, 4.69) is 5.09 Å². The van der Waals surface area contributed by atoms with Crippen LogP contribution in [0.3, 0.4) is 0 Å².